The molecule has 11 aromatic rings. The van der Waals surface area contributed by atoms with Crippen LogP contribution < -0.4 is 0 Å². The molecule has 0 unspecified atom stereocenters. The van der Waals surface area contributed by atoms with Crippen molar-refractivity contribution in [2.75, 3.05) is 0 Å². The molecule has 0 amide bonds. The first kappa shape index (κ1) is 43.4. The summed E-state index contributed by atoms with van der Waals surface area (Å²) in [5.41, 5.74) is 19.5. The molecule has 336 valence electrons. The minimum atomic E-state index is -4.59. The molecule has 0 saturated heterocycles. The van der Waals surface area contributed by atoms with E-state index in [0.29, 0.717) is 27.8 Å². The molecule has 0 saturated carbocycles. The van der Waals surface area contributed by atoms with E-state index in [1.165, 1.54) is 50.6 Å². The van der Waals surface area contributed by atoms with Crippen LogP contribution in [0, 0.1) is 59.8 Å². The van der Waals surface area contributed by atoms with E-state index in [1.54, 1.807) is 13.0 Å². The lowest BCUT2D eigenvalue weighted by atomic mass is 9.90. The molecule has 69 heavy (non-hydrogen) atoms. The van der Waals surface area contributed by atoms with Crippen LogP contribution in [0.5, 0.6) is 0 Å². The predicted octanol–water partition coefficient (Wildman–Crippen LogP) is 17.6. The third-order valence-electron chi connectivity index (χ3n) is 14.0. The summed E-state index contributed by atoms with van der Waals surface area (Å²) < 4.78 is 49.5. The number of benzene rings is 9. The van der Waals surface area contributed by atoms with Gasteiger partial charge in [-0.25, -0.2) is 0 Å². The predicted molar refractivity (Wildman–Crippen MR) is 280 cm³/mol. The highest BCUT2D eigenvalue weighted by atomic mass is 19.4. The van der Waals surface area contributed by atoms with Crippen LogP contribution in [0.1, 0.15) is 50.1 Å². The Morgan fingerprint density at radius 2 is 0.826 bits per heavy atom. The second-order valence-electron chi connectivity index (χ2n) is 18.8. The second kappa shape index (κ2) is 16.3. The zero-order valence-corrected chi connectivity index (χ0v) is 39.6. The van der Waals surface area contributed by atoms with Crippen LogP contribution in [0.4, 0.5) is 13.2 Å². The molecular formula is C63H48F3N3. The first-order valence-corrected chi connectivity index (χ1v) is 23.3. The molecule has 0 spiro atoms. The standard InChI is InChI=1S/C63H48F3N3/c1-36-27-39(4)60(40(5)28-36)44-20-24-57-50(32-44)47-14-8-10-17-54(47)68(57)56-23-19-43(35-67)31-49(56)52-34-46(62-38(3)13-12-16-53(62)63(64,65)66)22-26-59(52)69-55-18-11-9-15-48(55)51-33-45(21-25-58(51)69)61-41(6)29-37(2)30-42(61)7/h8-34H,1-7H3. The van der Waals surface area contributed by atoms with Gasteiger partial charge in [0.05, 0.1) is 50.6 Å². The fraction of sp³-hybridized carbons (Fsp3) is 0.127. The van der Waals surface area contributed by atoms with Crippen LogP contribution >= 0.6 is 0 Å². The second-order valence-corrected chi connectivity index (χ2v) is 18.8. The van der Waals surface area contributed by atoms with E-state index in [9.17, 15) is 5.26 Å². The summed E-state index contributed by atoms with van der Waals surface area (Å²) >= 11 is 0. The van der Waals surface area contributed by atoms with Crippen molar-refractivity contribution in [2.45, 2.75) is 54.6 Å². The van der Waals surface area contributed by atoms with Gasteiger partial charge in [-0.1, -0.05) is 102 Å². The summed E-state index contributed by atoms with van der Waals surface area (Å²) in [5.74, 6) is 0. The van der Waals surface area contributed by atoms with Gasteiger partial charge in [-0.3, -0.25) is 0 Å². The molecule has 0 aliphatic carbocycles. The van der Waals surface area contributed by atoms with Gasteiger partial charge in [0.25, 0.3) is 0 Å². The molecule has 6 heteroatoms. The molecule has 0 N–H and O–H groups in total. The number of nitriles is 1. The van der Waals surface area contributed by atoms with E-state index in [0.717, 1.165) is 72.2 Å². The largest absolute Gasteiger partial charge is 0.417 e. The number of para-hydroxylation sites is 2. The van der Waals surface area contributed by atoms with Gasteiger partial charge < -0.3 is 9.13 Å². The summed E-state index contributed by atoms with van der Waals surface area (Å²) in [4.78, 5) is 0. The van der Waals surface area contributed by atoms with Crippen molar-refractivity contribution < 1.29 is 13.2 Å². The molecule has 9 aromatic carbocycles. The van der Waals surface area contributed by atoms with Gasteiger partial charge in [0.15, 0.2) is 0 Å². The maximum absolute atomic E-state index is 15.0. The summed E-state index contributed by atoms with van der Waals surface area (Å²) in [6.07, 6.45) is -4.59. The fourth-order valence-electron chi connectivity index (χ4n) is 11.5. The summed E-state index contributed by atoms with van der Waals surface area (Å²) in [5, 5.41) is 14.8. The lowest BCUT2D eigenvalue weighted by molar-refractivity contribution is -0.137. The molecule has 0 bridgehead atoms. The molecule has 2 aromatic heterocycles. The third kappa shape index (κ3) is 7.11. The number of halogens is 3. The SMILES string of the molecule is Cc1cc(C)c(-c2ccc3c(c2)c2ccccc2n3-c2ccc(C#N)cc2-c2cc(-c3c(C)cccc3C(F)(F)F)ccc2-n2c3ccccc3c3cc(-c4c(C)cc(C)cc4C)ccc32)c(C)c1. The van der Waals surface area contributed by atoms with Crippen molar-refractivity contribution in [1.82, 2.24) is 9.13 Å². The van der Waals surface area contributed by atoms with Crippen LogP contribution in [-0.4, -0.2) is 9.13 Å². The monoisotopic (exact) mass is 903 g/mol. The van der Waals surface area contributed by atoms with Crippen molar-refractivity contribution in [3.8, 4) is 62.0 Å². The first-order chi connectivity index (χ1) is 33.2. The summed E-state index contributed by atoms with van der Waals surface area (Å²) in [6, 6.07) is 56.9. The van der Waals surface area contributed by atoms with Gasteiger partial charge in [-0.15, -0.1) is 0 Å². The van der Waals surface area contributed by atoms with E-state index < -0.39 is 11.7 Å². The number of hydrogen-bond acceptors (Lipinski definition) is 1. The zero-order valence-electron chi connectivity index (χ0n) is 39.6. The molecule has 0 aliphatic heterocycles. The molecule has 0 fully saturated rings. The van der Waals surface area contributed by atoms with Gasteiger partial charge in [0, 0.05) is 32.7 Å². The Labute approximate surface area is 400 Å². The lowest BCUT2D eigenvalue weighted by Crippen LogP contribution is -2.08. The van der Waals surface area contributed by atoms with Crippen LogP contribution in [0.2, 0.25) is 0 Å². The average Bonchev–Trinajstić information content (AvgIpc) is 3.82. The lowest BCUT2D eigenvalue weighted by Gasteiger charge is -2.21. The number of hydrogen-bond donors (Lipinski definition) is 0. The highest BCUT2D eigenvalue weighted by Gasteiger charge is 2.34. The number of aryl methyl sites for hydroxylation is 7. The molecule has 3 nitrogen and oxygen atoms in total. The van der Waals surface area contributed by atoms with E-state index in [4.69, 9.17) is 0 Å². The Kier molecular flexibility index (Phi) is 10.2. The average molecular weight is 904 g/mol. The number of alkyl halides is 3. The topological polar surface area (TPSA) is 33.6 Å². The quantitative estimate of drug-likeness (QED) is 0.164. The molecule has 11 rings (SSSR count). The Morgan fingerprint density at radius 1 is 0.391 bits per heavy atom. The molecule has 2 heterocycles. The minimum Gasteiger partial charge on any atom is -0.309 e. The van der Waals surface area contributed by atoms with Crippen molar-refractivity contribution >= 4 is 43.6 Å². The highest BCUT2D eigenvalue weighted by Crippen LogP contribution is 2.46. The van der Waals surface area contributed by atoms with E-state index >= 15 is 13.2 Å². The van der Waals surface area contributed by atoms with E-state index in [1.807, 2.05) is 54.6 Å². The summed E-state index contributed by atoms with van der Waals surface area (Å²) in [6.45, 7) is 14.6. The fourth-order valence-corrected chi connectivity index (χ4v) is 11.5. The zero-order chi connectivity index (χ0) is 48.0. The third-order valence-corrected chi connectivity index (χ3v) is 14.0. The number of rotatable bonds is 6. The van der Waals surface area contributed by atoms with Crippen LogP contribution in [0.15, 0.2) is 164 Å². The smallest absolute Gasteiger partial charge is 0.309 e. The maximum atomic E-state index is 15.0. The van der Waals surface area contributed by atoms with Crippen LogP contribution in [-0.2, 0) is 6.18 Å². The van der Waals surface area contributed by atoms with Gasteiger partial charge in [0.1, 0.15) is 0 Å². The van der Waals surface area contributed by atoms with Crippen molar-refractivity contribution in [1.29, 1.82) is 5.26 Å². The first-order valence-electron chi connectivity index (χ1n) is 23.3. The van der Waals surface area contributed by atoms with Crippen molar-refractivity contribution in [2.24, 2.45) is 0 Å². The van der Waals surface area contributed by atoms with Gasteiger partial charge in [0.2, 0.25) is 0 Å². The van der Waals surface area contributed by atoms with Gasteiger partial charge in [-0.2, -0.15) is 18.4 Å². The van der Waals surface area contributed by atoms with Crippen molar-refractivity contribution in [3.05, 3.63) is 214 Å². The Hall–Kier alpha value is -8.14. The molecule has 0 radical (unpaired) electrons. The van der Waals surface area contributed by atoms with Crippen LogP contribution in [0.25, 0.3) is 99.5 Å². The highest BCUT2D eigenvalue weighted by molar-refractivity contribution is 6.13. The maximum Gasteiger partial charge on any atom is 0.417 e. The van der Waals surface area contributed by atoms with E-state index in [2.05, 4.69) is 148 Å². The molecule has 0 atom stereocenters. The number of nitrogens with zero attached hydrogens (tertiary/aromatic N) is 3. The molecule has 0 aliphatic rings. The van der Waals surface area contributed by atoms with Crippen molar-refractivity contribution in [3.63, 3.8) is 0 Å². The Bertz CT molecular complexity index is 3940. The summed E-state index contributed by atoms with van der Waals surface area (Å²) in [7, 11) is 0. The number of fused-ring (bicyclic) bond motifs is 6. The van der Waals surface area contributed by atoms with Gasteiger partial charge in [-0.05, 0) is 182 Å². The van der Waals surface area contributed by atoms with Crippen LogP contribution in [0.3, 0.4) is 0 Å². The Morgan fingerprint density at radius 3 is 1.32 bits per heavy atom. The molecular weight excluding hydrogens is 856 g/mol. The number of aromatic nitrogens is 2. The minimum absolute atomic E-state index is 0.123. The van der Waals surface area contributed by atoms with E-state index in [-0.39, 0.29) is 5.56 Å². The Balaban J connectivity index is 1.23. The van der Waals surface area contributed by atoms with Gasteiger partial charge >= 0.3 is 6.18 Å². The normalized spacial score (nSPS) is 11.9.